The van der Waals surface area contributed by atoms with Crippen LogP contribution in [0.25, 0.3) is 0 Å². The van der Waals surface area contributed by atoms with Gasteiger partial charge >= 0.3 is 5.97 Å². The van der Waals surface area contributed by atoms with E-state index < -0.39 is 5.97 Å². The molecule has 1 unspecified atom stereocenters. The van der Waals surface area contributed by atoms with Crippen molar-refractivity contribution in [2.45, 2.75) is 18.9 Å². The maximum absolute atomic E-state index is 10.6. The fourth-order valence-electron chi connectivity index (χ4n) is 1.78. The molecule has 0 aromatic heterocycles. The van der Waals surface area contributed by atoms with Crippen molar-refractivity contribution in [2.24, 2.45) is 4.99 Å². The quantitative estimate of drug-likeness (QED) is 0.576. The molecule has 0 aromatic carbocycles. The Morgan fingerprint density at radius 3 is 3.27 bits per heavy atom. The van der Waals surface area contributed by atoms with Gasteiger partial charge in [0.1, 0.15) is 0 Å². The molecule has 1 N–H and O–H groups in total. The lowest BCUT2D eigenvalue weighted by Crippen LogP contribution is -2.35. The maximum Gasteiger partial charge on any atom is 0.371 e. The topological polar surface area (TPSA) is 52.9 Å². The van der Waals surface area contributed by atoms with Gasteiger partial charge < -0.3 is 10.0 Å². The van der Waals surface area contributed by atoms with Crippen molar-refractivity contribution < 1.29 is 9.90 Å². The number of rotatable bonds is 1. The highest BCUT2D eigenvalue weighted by atomic mass is 16.4. The molecule has 2 rings (SSSR count). The molecule has 0 bridgehead atoms. The minimum absolute atomic E-state index is 0.271. The van der Waals surface area contributed by atoms with E-state index in [0.29, 0.717) is 12.6 Å². The van der Waals surface area contributed by atoms with Crippen molar-refractivity contribution in [1.29, 1.82) is 0 Å². The summed E-state index contributed by atoms with van der Waals surface area (Å²) in [5.74, 6) is -0.609. The minimum atomic E-state index is -0.880. The molecule has 0 aromatic rings. The molecule has 0 saturated carbocycles. The van der Waals surface area contributed by atoms with Crippen molar-refractivity contribution in [3.8, 4) is 0 Å². The molecule has 60 valence electrons. The molecular weight excluding hydrogens is 144 g/mol. The smallest absolute Gasteiger partial charge is 0.371 e. The number of carboxylic acids is 1. The summed E-state index contributed by atoms with van der Waals surface area (Å²) in [5.41, 5.74) is 0. The molecule has 0 amide bonds. The average Bonchev–Trinajstić information content (AvgIpc) is 2.41. The average molecular weight is 154 g/mol. The molecular formula is C7H10N2O2. The molecule has 11 heavy (non-hydrogen) atoms. The molecule has 1 fully saturated rings. The Balaban J connectivity index is 2.18. The van der Waals surface area contributed by atoms with Crippen LogP contribution in [0.15, 0.2) is 4.99 Å². The van der Waals surface area contributed by atoms with Gasteiger partial charge in [0.15, 0.2) is 0 Å². The molecule has 0 spiro atoms. The summed E-state index contributed by atoms with van der Waals surface area (Å²) in [6.07, 6.45) is 2.21. The van der Waals surface area contributed by atoms with E-state index in [4.69, 9.17) is 5.11 Å². The Kier molecular flexibility index (Phi) is 1.34. The van der Waals surface area contributed by atoms with Crippen LogP contribution in [0.2, 0.25) is 0 Å². The Morgan fingerprint density at radius 2 is 2.55 bits per heavy atom. The van der Waals surface area contributed by atoms with Gasteiger partial charge in [0.05, 0.1) is 12.6 Å². The number of aliphatic imine (C=N–C) groups is 1. The summed E-state index contributed by atoms with van der Waals surface area (Å²) >= 11 is 0. The van der Waals surface area contributed by atoms with E-state index in [0.717, 1.165) is 19.4 Å². The second kappa shape index (κ2) is 2.22. The number of fused-ring (bicyclic) bond motifs is 1. The van der Waals surface area contributed by atoms with Crippen molar-refractivity contribution in [2.75, 3.05) is 13.1 Å². The number of aliphatic carboxylic acids is 1. The zero-order chi connectivity index (χ0) is 7.84. The van der Waals surface area contributed by atoms with Crippen molar-refractivity contribution in [3.05, 3.63) is 0 Å². The molecule has 4 heteroatoms. The third-order valence-corrected chi connectivity index (χ3v) is 2.29. The van der Waals surface area contributed by atoms with Gasteiger partial charge in [0.2, 0.25) is 5.84 Å². The van der Waals surface area contributed by atoms with Gasteiger partial charge in [-0.2, -0.15) is 0 Å². The zero-order valence-electron chi connectivity index (χ0n) is 6.16. The van der Waals surface area contributed by atoms with E-state index in [2.05, 4.69) is 4.99 Å². The molecule has 2 heterocycles. The summed E-state index contributed by atoms with van der Waals surface area (Å²) in [4.78, 5) is 16.4. The lowest BCUT2D eigenvalue weighted by Gasteiger charge is -2.16. The predicted octanol–water partition coefficient (Wildman–Crippen LogP) is -0.0525. The van der Waals surface area contributed by atoms with E-state index in [-0.39, 0.29) is 5.84 Å². The number of amidine groups is 1. The zero-order valence-corrected chi connectivity index (χ0v) is 6.16. The van der Waals surface area contributed by atoms with E-state index in [1.54, 1.807) is 0 Å². The fraction of sp³-hybridized carbons (Fsp3) is 0.714. The van der Waals surface area contributed by atoms with Crippen molar-refractivity contribution >= 4 is 11.8 Å². The monoisotopic (exact) mass is 154 g/mol. The first-order valence-electron chi connectivity index (χ1n) is 3.83. The largest absolute Gasteiger partial charge is 0.475 e. The normalized spacial score (nSPS) is 28.5. The van der Waals surface area contributed by atoms with Gasteiger partial charge in [-0.05, 0) is 12.8 Å². The Morgan fingerprint density at radius 1 is 1.73 bits per heavy atom. The van der Waals surface area contributed by atoms with Crippen LogP contribution in [0.3, 0.4) is 0 Å². The van der Waals surface area contributed by atoms with Crippen LogP contribution in [-0.4, -0.2) is 40.9 Å². The Labute approximate surface area is 64.5 Å². The standard InChI is InChI=1S/C7H10N2O2/c10-7(11)6-8-4-5-2-1-3-9(5)6/h5H,1-4H2,(H,10,11). The molecule has 0 radical (unpaired) electrons. The van der Waals surface area contributed by atoms with E-state index in [1.807, 2.05) is 4.90 Å². The first-order valence-corrected chi connectivity index (χ1v) is 3.83. The van der Waals surface area contributed by atoms with Crippen molar-refractivity contribution in [1.82, 2.24) is 4.90 Å². The summed E-state index contributed by atoms with van der Waals surface area (Å²) < 4.78 is 0. The van der Waals surface area contributed by atoms with Crippen LogP contribution in [0.5, 0.6) is 0 Å². The van der Waals surface area contributed by atoms with E-state index >= 15 is 0 Å². The van der Waals surface area contributed by atoms with Gasteiger partial charge in [0.25, 0.3) is 0 Å². The molecule has 2 aliphatic rings. The molecule has 2 aliphatic heterocycles. The van der Waals surface area contributed by atoms with Crippen LogP contribution >= 0.6 is 0 Å². The van der Waals surface area contributed by atoms with Crippen LogP contribution < -0.4 is 0 Å². The van der Waals surface area contributed by atoms with E-state index in [1.165, 1.54) is 0 Å². The SMILES string of the molecule is O=C(O)C1=NCC2CCCN12. The third-order valence-electron chi connectivity index (χ3n) is 2.29. The fourth-order valence-corrected chi connectivity index (χ4v) is 1.78. The van der Waals surface area contributed by atoms with Gasteiger partial charge in [-0.1, -0.05) is 0 Å². The highest BCUT2D eigenvalue weighted by molar-refractivity contribution is 6.35. The Bertz CT molecular complexity index is 224. The second-order valence-corrected chi connectivity index (χ2v) is 2.96. The van der Waals surface area contributed by atoms with Crippen molar-refractivity contribution in [3.63, 3.8) is 0 Å². The summed E-state index contributed by atoms with van der Waals surface area (Å²) in [6, 6.07) is 0.390. The number of hydrogen-bond donors (Lipinski definition) is 1. The van der Waals surface area contributed by atoms with Crippen LogP contribution in [-0.2, 0) is 4.79 Å². The maximum atomic E-state index is 10.6. The minimum Gasteiger partial charge on any atom is -0.475 e. The Hall–Kier alpha value is -1.06. The highest BCUT2D eigenvalue weighted by Gasteiger charge is 2.34. The van der Waals surface area contributed by atoms with Gasteiger partial charge in [0, 0.05) is 6.54 Å². The lowest BCUT2D eigenvalue weighted by molar-refractivity contribution is -0.130. The van der Waals surface area contributed by atoms with E-state index in [9.17, 15) is 4.79 Å². The van der Waals surface area contributed by atoms with Crippen LogP contribution in [0.4, 0.5) is 0 Å². The van der Waals surface area contributed by atoms with Crippen LogP contribution in [0.1, 0.15) is 12.8 Å². The van der Waals surface area contributed by atoms with Gasteiger partial charge in [-0.15, -0.1) is 0 Å². The summed E-state index contributed by atoms with van der Waals surface area (Å²) in [7, 11) is 0. The molecule has 4 nitrogen and oxygen atoms in total. The number of carbonyl (C=O) groups is 1. The highest BCUT2D eigenvalue weighted by Crippen LogP contribution is 2.22. The first kappa shape index (κ1) is 6.64. The predicted molar refractivity (Wildman–Crippen MR) is 39.7 cm³/mol. The summed E-state index contributed by atoms with van der Waals surface area (Å²) in [6.45, 7) is 1.55. The number of nitrogens with zero attached hydrogens (tertiary/aromatic N) is 2. The first-order chi connectivity index (χ1) is 5.29. The van der Waals surface area contributed by atoms with Gasteiger partial charge in [-0.3, -0.25) is 4.99 Å². The molecule has 1 atom stereocenters. The van der Waals surface area contributed by atoms with Crippen LogP contribution in [0, 0.1) is 0 Å². The number of carboxylic acid groups (broad SMARTS) is 1. The molecule has 0 aliphatic carbocycles. The molecule has 1 saturated heterocycles. The number of hydrogen-bond acceptors (Lipinski definition) is 3. The van der Waals surface area contributed by atoms with Gasteiger partial charge in [-0.25, -0.2) is 4.79 Å². The summed E-state index contributed by atoms with van der Waals surface area (Å²) in [5, 5.41) is 8.69. The second-order valence-electron chi connectivity index (χ2n) is 2.96. The lowest BCUT2D eigenvalue weighted by atomic mass is 10.2. The third kappa shape index (κ3) is 0.895.